The highest BCUT2D eigenvalue weighted by molar-refractivity contribution is 6.31. The minimum atomic E-state index is -0.215. The summed E-state index contributed by atoms with van der Waals surface area (Å²) in [5.41, 5.74) is 2.79. The van der Waals surface area contributed by atoms with E-state index >= 15 is 0 Å². The molecule has 0 aliphatic carbocycles. The van der Waals surface area contributed by atoms with Crippen molar-refractivity contribution in [1.82, 2.24) is 19.6 Å². The molecule has 1 saturated heterocycles. The van der Waals surface area contributed by atoms with E-state index in [1.54, 1.807) is 4.68 Å². The van der Waals surface area contributed by atoms with E-state index in [9.17, 15) is 9.18 Å². The number of benzene rings is 1. The van der Waals surface area contributed by atoms with E-state index in [0.29, 0.717) is 18.0 Å². The second-order valence-corrected chi connectivity index (χ2v) is 7.12. The van der Waals surface area contributed by atoms with Crippen LogP contribution < -0.4 is 0 Å². The SMILES string of the molecule is Cc1nn(CCC(=O)N2CCN(Cc3ccc(F)cc3)CC2)c(C)c1Cl. The average Bonchev–Trinajstić information content (AvgIpc) is 2.89. The summed E-state index contributed by atoms with van der Waals surface area (Å²) in [4.78, 5) is 16.7. The molecule has 1 aliphatic heterocycles. The Morgan fingerprint density at radius 2 is 1.81 bits per heavy atom. The molecule has 2 heterocycles. The number of amides is 1. The van der Waals surface area contributed by atoms with Gasteiger partial charge in [-0.2, -0.15) is 5.10 Å². The molecule has 3 rings (SSSR count). The van der Waals surface area contributed by atoms with Crippen molar-refractivity contribution >= 4 is 17.5 Å². The number of rotatable bonds is 5. The van der Waals surface area contributed by atoms with Gasteiger partial charge in [-0.1, -0.05) is 23.7 Å². The quantitative estimate of drug-likeness (QED) is 0.803. The molecule has 1 aromatic heterocycles. The van der Waals surface area contributed by atoms with E-state index in [4.69, 9.17) is 11.6 Å². The maximum Gasteiger partial charge on any atom is 0.224 e. The number of hydrogen-bond acceptors (Lipinski definition) is 3. The van der Waals surface area contributed by atoms with Crippen LogP contribution in [0, 0.1) is 19.7 Å². The summed E-state index contributed by atoms with van der Waals surface area (Å²) in [7, 11) is 0. The molecular weight excluding hydrogens is 355 g/mol. The number of carbonyl (C=O) groups excluding carboxylic acids is 1. The number of piperazine rings is 1. The van der Waals surface area contributed by atoms with Gasteiger partial charge in [0.25, 0.3) is 0 Å². The Bertz CT molecular complexity index is 767. The van der Waals surface area contributed by atoms with Crippen molar-refractivity contribution in [2.45, 2.75) is 33.4 Å². The fraction of sp³-hybridized carbons (Fsp3) is 0.474. The molecule has 1 amide bonds. The van der Waals surface area contributed by atoms with Gasteiger partial charge in [0.1, 0.15) is 5.82 Å². The normalized spacial score (nSPS) is 15.5. The van der Waals surface area contributed by atoms with E-state index in [1.165, 1.54) is 12.1 Å². The van der Waals surface area contributed by atoms with E-state index in [2.05, 4.69) is 10.00 Å². The van der Waals surface area contributed by atoms with E-state index in [-0.39, 0.29) is 11.7 Å². The Morgan fingerprint density at radius 1 is 1.15 bits per heavy atom. The van der Waals surface area contributed by atoms with Crippen LogP contribution in [0.5, 0.6) is 0 Å². The van der Waals surface area contributed by atoms with Crippen molar-refractivity contribution in [3.8, 4) is 0 Å². The summed E-state index contributed by atoms with van der Waals surface area (Å²) >= 11 is 6.15. The van der Waals surface area contributed by atoms with Crippen LogP contribution in [-0.2, 0) is 17.9 Å². The highest BCUT2D eigenvalue weighted by atomic mass is 35.5. The lowest BCUT2D eigenvalue weighted by Crippen LogP contribution is -2.48. The first-order valence-corrected chi connectivity index (χ1v) is 9.26. The molecule has 0 N–H and O–H groups in total. The summed E-state index contributed by atoms with van der Waals surface area (Å²) in [6.45, 7) is 8.22. The Kier molecular flexibility index (Phi) is 5.94. The molecule has 5 nitrogen and oxygen atoms in total. The molecule has 0 radical (unpaired) electrons. The van der Waals surface area contributed by atoms with Crippen molar-refractivity contribution in [3.63, 3.8) is 0 Å². The molecule has 1 aliphatic rings. The third-order valence-electron chi connectivity index (χ3n) is 4.88. The zero-order valence-corrected chi connectivity index (χ0v) is 16.0. The van der Waals surface area contributed by atoms with Crippen LogP contribution in [0.2, 0.25) is 5.02 Å². The lowest BCUT2D eigenvalue weighted by Gasteiger charge is -2.34. The smallest absolute Gasteiger partial charge is 0.224 e. The first-order valence-electron chi connectivity index (χ1n) is 8.88. The van der Waals surface area contributed by atoms with Crippen molar-refractivity contribution in [2.75, 3.05) is 26.2 Å². The third-order valence-corrected chi connectivity index (χ3v) is 5.42. The summed E-state index contributed by atoms with van der Waals surface area (Å²) in [6.07, 6.45) is 0.427. The fourth-order valence-corrected chi connectivity index (χ4v) is 3.39. The Hall–Kier alpha value is -1.92. The maximum absolute atomic E-state index is 13.0. The van der Waals surface area contributed by atoms with Crippen LogP contribution >= 0.6 is 11.6 Å². The number of carbonyl (C=O) groups is 1. The van der Waals surface area contributed by atoms with Crippen LogP contribution in [0.25, 0.3) is 0 Å². The van der Waals surface area contributed by atoms with Gasteiger partial charge in [0.15, 0.2) is 0 Å². The van der Waals surface area contributed by atoms with Crippen molar-refractivity contribution in [1.29, 1.82) is 0 Å². The van der Waals surface area contributed by atoms with Crippen LogP contribution in [0.3, 0.4) is 0 Å². The summed E-state index contributed by atoms with van der Waals surface area (Å²) in [5.74, 6) is -0.0665. The van der Waals surface area contributed by atoms with Crippen LogP contribution in [0.1, 0.15) is 23.4 Å². The lowest BCUT2D eigenvalue weighted by molar-refractivity contribution is -0.133. The van der Waals surface area contributed by atoms with E-state index in [1.807, 2.05) is 30.9 Å². The van der Waals surface area contributed by atoms with Crippen LogP contribution in [0.4, 0.5) is 4.39 Å². The second kappa shape index (κ2) is 8.18. The van der Waals surface area contributed by atoms with E-state index in [0.717, 1.165) is 49.7 Å². The molecular formula is C19H24ClFN4O. The van der Waals surface area contributed by atoms with Crippen LogP contribution in [-0.4, -0.2) is 51.7 Å². The van der Waals surface area contributed by atoms with Crippen molar-refractivity contribution < 1.29 is 9.18 Å². The van der Waals surface area contributed by atoms with Crippen molar-refractivity contribution in [3.05, 3.63) is 52.1 Å². The molecule has 140 valence electrons. The highest BCUT2D eigenvalue weighted by Gasteiger charge is 2.21. The molecule has 0 bridgehead atoms. The van der Waals surface area contributed by atoms with Crippen LogP contribution in [0.15, 0.2) is 24.3 Å². The Morgan fingerprint density at radius 3 is 2.38 bits per heavy atom. The minimum Gasteiger partial charge on any atom is -0.340 e. The highest BCUT2D eigenvalue weighted by Crippen LogP contribution is 2.19. The Balaban J connectivity index is 1.46. The average molecular weight is 379 g/mol. The van der Waals surface area contributed by atoms with Gasteiger partial charge in [-0.3, -0.25) is 14.4 Å². The number of aryl methyl sites for hydroxylation is 2. The predicted molar refractivity (Wildman–Crippen MR) is 99.6 cm³/mol. The van der Waals surface area contributed by atoms with Crippen molar-refractivity contribution in [2.24, 2.45) is 0 Å². The minimum absolute atomic E-state index is 0.148. The van der Waals surface area contributed by atoms with Gasteiger partial charge in [-0.05, 0) is 31.5 Å². The molecule has 0 saturated carbocycles. The van der Waals surface area contributed by atoms with Gasteiger partial charge in [0.05, 0.1) is 23.0 Å². The lowest BCUT2D eigenvalue weighted by atomic mass is 10.2. The zero-order valence-electron chi connectivity index (χ0n) is 15.2. The van der Waals surface area contributed by atoms with Gasteiger partial charge in [0, 0.05) is 39.1 Å². The third kappa shape index (κ3) is 4.43. The van der Waals surface area contributed by atoms with E-state index < -0.39 is 0 Å². The maximum atomic E-state index is 13.0. The molecule has 1 aromatic carbocycles. The van der Waals surface area contributed by atoms with Gasteiger partial charge in [-0.15, -0.1) is 0 Å². The number of nitrogens with zero attached hydrogens (tertiary/aromatic N) is 4. The number of halogens is 2. The van der Waals surface area contributed by atoms with Gasteiger partial charge >= 0.3 is 0 Å². The molecule has 0 spiro atoms. The zero-order chi connectivity index (χ0) is 18.7. The molecule has 26 heavy (non-hydrogen) atoms. The topological polar surface area (TPSA) is 41.4 Å². The summed E-state index contributed by atoms with van der Waals surface area (Å²) in [5, 5.41) is 5.04. The Labute approximate surface area is 158 Å². The van der Waals surface area contributed by atoms with Gasteiger partial charge < -0.3 is 4.90 Å². The largest absolute Gasteiger partial charge is 0.340 e. The molecule has 0 unspecified atom stereocenters. The first-order chi connectivity index (χ1) is 12.4. The van der Waals surface area contributed by atoms with Gasteiger partial charge in [0.2, 0.25) is 5.91 Å². The second-order valence-electron chi connectivity index (χ2n) is 6.74. The number of hydrogen-bond donors (Lipinski definition) is 0. The van der Waals surface area contributed by atoms with Gasteiger partial charge in [-0.25, -0.2) is 4.39 Å². The fourth-order valence-electron chi connectivity index (χ4n) is 3.26. The molecule has 7 heteroatoms. The summed E-state index contributed by atoms with van der Waals surface area (Å²) < 4.78 is 14.8. The molecule has 0 atom stereocenters. The molecule has 1 fully saturated rings. The summed E-state index contributed by atoms with van der Waals surface area (Å²) in [6, 6.07) is 6.60. The first kappa shape index (κ1) is 18.9. The standard InChI is InChI=1S/C19H24ClFN4O/c1-14-19(20)15(2)25(22-14)8-7-18(26)24-11-9-23(10-12-24)13-16-3-5-17(21)6-4-16/h3-6H,7-13H2,1-2H3. The predicted octanol–water partition coefficient (Wildman–Crippen LogP) is 3.03. The number of aromatic nitrogens is 2. The monoisotopic (exact) mass is 378 g/mol. The molecule has 2 aromatic rings.